The molecule has 0 saturated carbocycles. The zero-order chi connectivity index (χ0) is 19.6. The van der Waals surface area contributed by atoms with Gasteiger partial charge in [0.1, 0.15) is 4.88 Å². The highest BCUT2D eigenvalue weighted by Gasteiger charge is 2.26. The van der Waals surface area contributed by atoms with Crippen molar-refractivity contribution in [2.75, 3.05) is 26.2 Å². The maximum atomic E-state index is 12.7. The molecule has 0 unspecified atom stereocenters. The molecule has 0 N–H and O–H groups in total. The maximum Gasteiger partial charge on any atom is 0.288 e. The molecule has 3 rings (SSSR count). The van der Waals surface area contributed by atoms with E-state index in [-0.39, 0.29) is 11.3 Å². The first-order valence-corrected chi connectivity index (χ1v) is 11.4. The second kappa shape index (κ2) is 8.55. The summed E-state index contributed by atoms with van der Waals surface area (Å²) >= 11 is 3.37. The first-order chi connectivity index (χ1) is 12.7. The topological polar surface area (TPSA) is 36.4 Å². The number of rotatable bonds is 5. The Bertz CT molecular complexity index is 777. The number of carbonyl (C=O) groups excluding carboxylic acids is 1. The highest BCUT2D eigenvalue weighted by molar-refractivity contribution is 7.99. The Labute approximate surface area is 170 Å². The van der Waals surface area contributed by atoms with Gasteiger partial charge in [-0.2, -0.15) is 8.78 Å². The van der Waals surface area contributed by atoms with Gasteiger partial charge in [0.25, 0.3) is 11.7 Å². The molecule has 2 aromatic rings. The third-order valence-electron chi connectivity index (χ3n) is 4.28. The van der Waals surface area contributed by atoms with Crippen molar-refractivity contribution in [3.63, 3.8) is 0 Å². The van der Waals surface area contributed by atoms with Gasteiger partial charge in [-0.3, -0.25) is 9.69 Å². The van der Waals surface area contributed by atoms with Crippen molar-refractivity contribution in [2.24, 2.45) is 0 Å². The second-order valence-electron chi connectivity index (χ2n) is 7.45. The number of nitrogens with zero attached hydrogens (tertiary/aromatic N) is 3. The van der Waals surface area contributed by atoms with E-state index in [4.69, 9.17) is 4.98 Å². The molecule has 0 aliphatic carbocycles. The van der Waals surface area contributed by atoms with E-state index in [0.29, 0.717) is 34.6 Å². The molecule has 1 amide bonds. The largest absolute Gasteiger partial charge is 0.335 e. The van der Waals surface area contributed by atoms with Crippen LogP contribution >= 0.6 is 34.4 Å². The molecule has 148 valence electrons. The van der Waals surface area contributed by atoms with Crippen LogP contribution in [0.1, 0.15) is 41.1 Å². The van der Waals surface area contributed by atoms with Crippen LogP contribution in [0.25, 0.3) is 0 Å². The lowest BCUT2D eigenvalue weighted by molar-refractivity contribution is 0.0629. The second-order valence-corrected chi connectivity index (χ2v) is 10.3. The first kappa shape index (κ1) is 20.7. The smallest absolute Gasteiger partial charge is 0.288 e. The molecule has 9 heteroatoms. The standard InChI is InChI=1S/C18H23F2N3OS3/c1-18(2,3)16-21-12(11-26-16)10-22-5-7-23(8-6-22)15(24)14-13(4-9-25-14)27-17(19)20/h4,9,11,17H,5-8,10H2,1-3H3. The predicted octanol–water partition coefficient (Wildman–Crippen LogP) is 4.77. The highest BCUT2D eigenvalue weighted by Crippen LogP contribution is 2.33. The minimum atomic E-state index is -2.51. The SMILES string of the molecule is CC(C)(C)c1nc(CN2CCN(C(=O)c3sccc3SC(F)F)CC2)cs1. The van der Waals surface area contributed by atoms with E-state index in [1.807, 2.05) is 0 Å². The average molecular weight is 432 g/mol. The third kappa shape index (κ3) is 5.28. The summed E-state index contributed by atoms with van der Waals surface area (Å²) in [5.41, 5.74) is 1.13. The van der Waals surface area contributed by atoms with Crippen LogP contribution in [0.4, 0.5) is 8.78 Å². The normalized spacial score (nSPS) is 16.3. The van der Waals surface area contributed by atoms with Crippen molar-refractivity contribution in [1.82, 2.24) is 14.8 Å². The number of thiazole rings is 1. The summed E-state index contributed by atoms with van der Waals surface area (Å²) < 4.78 is 25.3. The van der Waals surface area contributed by atoms with Gasteiger partial charge in [0.2, 0.25) is 0 Å². The van der Waals surface area contributed by atoms with E-state index in [1.54, 1.807) is 27.7 Å². The number of hydrogen-bond acceptors (Lipinski definition) is 6. The van der Waals surface area contributed by atoms with E-state index >= 15 is 0 Å². The molecule has 1 aliphatic rings. The number of aromatic nitrogens is 1. The molecule has 0 spiro atoms. The molecule has 0 aromatic carbocycles. The van der Waals surface area contributed by atoms with Crippen LogP contribution in [0.3, 0.4) is 0 Å². The van der Waals surface area contributed by atoms with Crippen molar-refractivity contribution < 1.29 is 13.6 Å². The van der Waals surface area contributed by atoms with Crippen LogP contribution < -0.4 is 0 Å². The number of hydrogen-bond donors (Lipinski definition) is 0. The number of thioether (sulfide) groups is 1. The molecular formula is C18H23F2N3OS3. The van der Waals surface area contributed by atoms with Gasteiger partial charge in [-0.15, -0.1) is 22.7 Å². The zero-order valence-electron chi connectivity index (χ0n) is 15.6. The van der Waals surface area contributed by atoms with E-state index in [1.165, 1.54) is 11.3 Å². The number of amides is 1. The lowest BCUT2D eigenvalue weighted by Crippen LogP contribution is -2.48. The molecule has 3 heterocycles. The summed E-state index contributed by atoms with van der Waals surface area (Å²) in [6.45, 7) is 9.98. The molecule has 0 radical (unpaired) electrons. The average Bonchev–Trinajstić information content (AvgIpc) is 3.23. The fraction of sp³-hybridized carbons (Fsp3) is 0.556. The number of alkyl halides is 2. The van der Waals surface area contributed by atoms with Crippen molar-refractivity contribution in [3.05, 3.63) is 32.4 Å². The van der Waals surface area contributed by atoms with Crippen LogP contribution in [0.15, 0.2) is 21.7 Å². The highest BCUT2D eigenvalue weighted by atomic mass is 32.2. The summed E-state index contributed by atoms with van der Waals surface area (Å²) in [6, 6.07) is 1.60. The number of thiophene rings is 1. The number of halogens is 2. The van der Waals surface area contributed by atoms with Gasteiger partial charge in [-0.1, -0.05) is 32.5 Å². The minimum Gasteiger partial charge on any atom is -0.335 e. The molecule has 2 aromatic heterocycles. The van der Waals surface area contributed by atoms with Crippen LogP contribution in [0, 0.1) is 0 Å². The van der Waals surface area contributed by atoms with Crippen LogP contribution in [0.5, 0.6) is 0 Å². The van der Waals surface area contributed by atoms with E-state index < -0.39 is 5.76 Å². The van der Waals surface area contributed by atoms with Crippen LogP contribution in [0.2, 0.25) is 0 Å². The van der Waals surface area contributed by atoms with Crippen LogP contribution in [-0.4, -0.2) is 52.6 Å². The van der Waals surface area contributed by atoms with E-state index in [2.05, 4.69) is 31.1 Å². The summed E-state index contributed by atoms with van der Waals surface area (Å²) in [7, 11) is 0. The molecule has 0 bridgehead atoms. The minimum absolute atomic E-state index is 0.0582. The summed E-state index contributed by atoms with van der Waals surface area (Å²) in [5.74, 6) is -2.66. The molecule has 27 heavy (non-hydrogen) atoms. The molecule has 1 saturated heterocycles. The van der Waals surface area contributed by atoms with Gasteiger partial charge >= 0.3 is 0 Å². The zero-order valence-corrected chi connectivity index (χ0v) is 18.0. The van der Waals surface area contributed by atoms with Gasteiger partial charge in [0, 0.05) is 48.4 Å². The predicted molar refractivity (Wildman–Crippen MR) is 108 cm³/mol. The molecule has 0 atom stereocenters. The van der Waals surface area contributed by atoms with Gasteiger partial charge in [-0.25, -0.2) is 4.98 Å². The quantitative estimate of drug-likeness (QED) is 0.639. The Hall–Kier alpha value is -1.03. The number of piperazine rings is 1. The molecule has 4 nitrogen and oxygen atoms in total. The molecule has 1 fully saturated rings. The van der Waals surface area contributed by atoms with E-state index in [0.717, 1.165) is 30.3 Å². The fourth-order valence-corrected chi connectivity index (χ4v) is 5.41. The van der Waals surface area contributed by atoms with Gasteiger partial charge in [-0.05, 0) is 11.4 Å². The summed E-state index contributed by atoms with van der Waals surface area (Å²) in [4.78, 5) is 22.3. The van der Waals surface area contributed by atoms with Crippen molar-refractivity contribution in [3.8, 4) is 0 Å². The molecular weight excluding hydrogens is 408 g/mol. The summed E-state index contributed by atoms with van der Waals surface area (Å²) in [6.07, 6.45) is 0. The molecule has 1 aliphatic heterocycles. The maximum absolute atomic E-state index is 12.7. The lowest BCUT2D eigenvalue weighted by atomic mass is 9.98. The van der Waals surface area contributed by atoms with E-state index in [9.17, 15) is 13.6 Å². The van der Waals surface area contributed by atoms with Crippen molar-refractivity contribution in [1.29, 1.82) is 0 Å². The van der Waals surface area contributed by atoms with Crippen molar-refractivity contribution in [2.45, 2.75) is 43.4 Å². The Kier molecular flexibility index (Phi) is 6.55. The Balaban J connectivity index is 1.55. The van der Waals surface area contributed by atoms with Gasteiger partial charge < -0.3 is 4.90 Å². The fourth-order valence-electron chi connectivity index (χ4n) is 2.85. The lowest BCUT2D eigenvalue weighted by Gasteiger charge is -2.34. The summed E-state index contributed by atoms with van der Waals surface area (Å²) in [5, 5.41) is 4.94. The Morgan fingerprint density at radius 3 is 2.56 bits per heavy atom. The first-order valence-electron chi connectivity index (χ1n) is 8.73. The third-order valence-corrected chi connectivity index (χ3v) is 7.40. The van der Waals surface area contributed by atoms with Crippen LogP contribution in [-0.2, 0) is 12.0 Å². The van der Waals surface area contributed by atoms with Crippen molar-refractivity contribution >= 4 is 40.3 Å². The number of carbonyl (C=O) groups is 1. The Morgan fingerprint density at radius 2 is 1.96 bits per heavy atom. The monoisotopic (exact) mass is 431 g/mol. The Morgan fingerprint density at radius 1 is 1.26 bits per heavy atom. The van der Waals surface area contributed by atoms with Gasteiger partial charge in [0.05, 0.1) is 10.7 Å². The van der Waals surface area contributed by atoms with Gasteiger partial charge in [0.15, 0.2) is 0 Å².